The van der Waals surface area contributed by atoms with Gasteiger partial charge in [-0.05, 0) is 18.1 Å². The average molecular weight is 446 g/mol. The standard InChI is InChI=1S/C24H22N4O5/c1-4-10-15(5-2)20(16-11-8-7-9-12-16)23(30)26-18-14-25-21(27-22(18)29)17-13-19(33-28-17)24(31)32-6-3/h4-5,7-14,20H,1-2,6H2,3H3,(H,26,30)(H,25,27,29)/b15-10+. The molecule has 3 aromatic rings. The summed E-state index contributed by atoms with van der Waals surface area (Å²) >= 11 is 0. The lowest BCUT2D eigenvalue weighted by atomic mass is 9.89. The third kappa shape index (κ3) is 5.40. The molecular formula is C24H22N4O5. The monoisotopic (exact) mass is 446 g/mol. The first-order valence-corrected chi connectivity index (χ1v) is 10.0. The molecule has 1 aromatic carbocycles. The Morgan fingerprint density at radius 1 is 1.27 bits per heavy atom. The number of carbonyl (C=O) groups is 2. The van der Waals surface area contributed by atoms with Gasteiger partial charge in [0.1, 0.15) is 11.4 Å². The number of allylic oxidation sites excluding steroid dienone is 3. The van der Waals surface area contributed by atoms with Crippen molar-refractivity contribution in [2.24, 2.45) is 0 Å². The number of carbonyl (C=O) groups excluding carboxylic acids is 2. The van der Waals surface area contributed by atoms with E-state index in [2.05, 4.69) is 33.6 Å². The molecule has 0 spiro atoms. The minimum atomic E-state index is -0.719. The van der Waals surface area contributed by atoms with Crippen LogP contribution in [-0.4, -0.2) is 33.6 Å². The van der Waals surface area contributed by atoms with E-state index in [0.29, 0.717) is 5.57 Å². The Hall–Kier alpha value is -4.53. The highest BCUT2D eigenvalue weighted by Crippen LogP contribution is 2.27. The predicted octanol–water partition coefficient (Wildman–Crippen LogP) is 3.62. The maximum absolute atomic E-state index is 13.1. The van der Waals surface area contributed by atoms with Crippen LogP contribution >= 0.6 is 0 Å². The molecule has 3 rings (SSSR count). The largest absolute Gasteiger partial charge is 0.460 e. The minimum Gasteiger partial charge on any atom is -0.460 e. The second-order valence-electron chi connectivity index (χ2n) is 6.71. The number of H-pyrrole nitrogens is 1. The third-order valence-electron chi connectivity index (χ3n) is 4.56. The molecule has 1 amide bonds. The molecule has 0 aliphatic carbocycles. The van der Waals surface area contributed by atoms with Crippen LogP contribution < -0.4 is 10.9 Å². The van der Waals surface area contributed by atoms with Gasteiger partial charge in [-0.2, -0.15) is 0 Å². The van der Waals surface area contributed by atoms with Gasteiger partial charge in [-0.15, -0.1) is 0 Å². The fraction of sp³-hybridized carbons (Fsp3) is 0.125. The third-order valence-corrected chi connectivity index (χ3v) is 4.56. The van der Waals surface area contributed by atoms with Crippen molar-refractivity contribution in [2.75, 3.05) is 11.9 Å². The van der Waals surface area contributed by atoms with Gasteiger partial charge in [0, 0.05) is 6.07 Å². The van der Waals surface area contributed by atoms with Gasteiger partial charge in [0.05, 0.1) is 18.7 Å². The van der Waals surface area contributed by atoms with E-state index in [0.717, 1.165) is 5.56 Å². The van der Waals surface area contributed by atoms with E-state index in [-0.39, 0.29) is 29.6 Å². The summed E-state index contributed by atoms with van der Waals surface area (Å²) in [6.07, 6.45) is 6.02. The van der Waals surface area contributed by atoms with Crippen molar-refractivity contribution >= 4 is 17.6 Å². The number of benzene rings is 1. The number of nitrogens with one attached hydrogen (secondary N) is 2. The number of aromatic amines is 1. The predicted molar refractivity (Wildman–Crippen MR) is 123 cm³/mol. The van der Waals surface area contributed by atoms with Crippen LogP contribution in [0.2, 0.25) is 0 Å². The number of amides is 1. The highest BCUT2D eigenvalue weighted by atomic mass is 16.6. The summed E-state index contributed by atoms with van der Waals surface area (Å²) in [5.74, 6) is -1.90. The molecule has 0 bridgehead atoms. The van der Waals surface area contributed by atoms with Crippen LogP contribution in [0, 0.1) is 0 Å². The van der Waals surface area contributed by atoms with E-state index in [1.54, 1.807) is 25.2 Å². The molecule has 0 fully saturated rings. The smallest absolute Gasteiger partial charge is 0.377 e. The second kappa shape index (κ2) is 10.7. The molecule has 0 radical (unpaired) electrons. The lowest BCUT2D eigenvalue weighted by Gasteiger charge is -2.18. The average Bonchev–Trinajstić information content (AvgIpc) is 3.31. The number of esters is 1. The van der Waals surface area contributed by atoms with Gasteiger partial charge in [0.25, 0.3) is 5.56 Å². The number of rotatable bonds is 9. The first kappa shape index (κ1) is 23.1. The molecule has 0 aliphatic heterocycles. The highest BCUT2D eigenvalue weighted by Gasteiger charge is 2.24. The zero-order chi connectivity index (χ0) is 23.8. The Morgan fingerprint density at radius 2 is 2.03 bits per heavy atom. The van der Waals surface area contributed by atoms with E-state index in [9.17, 15) is 14.4 Å². The maximum Gasteiger partial charge on any atom is 0.377 e. The normalized spacial score (nSPS) is 12.0. The van der Waals surface area contributed by atoms with Gasteiger partial charge in [-0.25, -0.2) is 9.78 Å². The van der Waals surface area contributed by atoms with Crippen LogP contribution in [0.5, 0.6) is 0 Å². The Kier molecular flexibility index (Phi) is 7.48. The lowest BCUT2D eigenvalue weighted by Crippen LogP contribution is -2.26. The fourth-order valence-electron chi connectivity index (χ4n) is 3.06. The van der Waals surface area contributed by atoms with Gasteiger partial charge in [-0.1, -0.05) is 66.9 Å². The van der Waals surface area contributed by atoms with E-state index >= 15 is 0 Å². The molecule has 33 heavy (non-hydrogen) atoms. The van der Waals surface area contributed by atoms with Crippen molar-refractivity contribution in [3.63, 3.8) is 0 Å². The first-order valence-electron chi connectivity index (χ1n) is 10.0. The maximum atomic E-state index is 13.1. The summed E-state index contributed by atoms with van der Waals surface area (Å²) in [5.41, 5.74) is 0.814. The molecule has 9 heteroatoms. The SMILES string of the molecule is C=C/C=C(\C=C)C(C(=O)Nc1cnc(-c2cc(C(=O)OCC)on2)[nH]c1=O)c1ccccc1. The fourth-order valence-corrected chi connectivity index (χ4v) is 3.06. The summed E-state index contributed by atoms with van der Waals surface area (Å²) in [6.45, 7) is 9.30. The van der Waals surface area contributed by atoms with Crippen LogP contribution in [0.15, 0.2) is 88.9 Å². The molecule has 2 aromatic heterocycles. The Balaban J connectivity index is 1.86. The Morgan fingerprint density at radius 3 is 2.67 bits per heavy atom. The Labute approximate surface area is 189 Å². The molecule has 0 aliphatic rings. The van der Waals surface area contributed by atoms with Crippen molar-refractivity contribution < 1.29 is 18.8 Å². The zero-order valence-corrected chi connectivity index (χ0v) is 17.9. The molecule has 168 valence electrons. The van der Waals surface area contributed by atoms with Gasteiger partial charge >= 0.3 is 5.97 Å². The van der Waals surface area contributed by atoms with Gasteiger partial charge in [-0.3, -0.25) is 9.59 Å². The van der Waals surface area contributed by atoms with Crippen LogP contribution in [0.3, 0.4) is 0 Å². The van der Waals surface area contributed by atoms with E-state index in [4.69, 9.17) is 9.26 Å². The quantitative estimate of drug-likeness (QED) is 0.380. The molecule has 0 saturated carbocycles. The number of hydrogen-bond donors (Lipinski definition) is 2. The van der Waals surface area contributed by atoms with Crippen LogP contribution in [0.1, 0.15) is 29.0 Å². The summed E-state index contributed by atoms with van der Waals surface area (Å²) in [6, 6.07) is 10.4. The van der Waals surface area contributed by atoms with Crippen molar-refractivity contribution in [3.05, 3.63) is 101 Å². The number of ether oxygens (including phenoxy) is 1. The van der Waals surface area contributed by atoms with E-state index in [1.807, 2.05) is 30.3 Å². The zero-order valence-electron chi connectivity index (χ0n) is 17.9. The van der Waals surface area contributed by atoms with Crippen molar-refractivity contribution in [1.29, 1.82) is 0 Å². The molecular weight excluding hydrogens is 424 g/mol. The molecule has 0 saturated heterocycles. The number of nitrogens with zero attached hydrogens (tertiary/aromatic N) is 2. The molecule has 2 heterocycles. The van der Waals surface area contributed by atoms with Crippen molar-refractivity contribution in [1.82, 2.24) is 15.1 Å². The molecule has 2 N–H and O–H groups in total. The summed E-state index contributed by atoms with van der Waals surface area (Å²) in [5, 5.41) is 6.34. The number of anilines is 1. The summed E-state index contributed by atoms with van der Waals surface area (Å²) in [4.78, 5) is 44.1. The second-order valence-corrected chi connectivity index (χ2v) is 6.71. The van der Waals surface area contributed by atoms with Crippen LogP contribution in [0.25, 0.3) is 11.5 Å². The molecule has 9 nitrogen and oxygen atoms in total. The first-order chi connectivity index (χ1) is 16.0. The number of hydrogen-bond acceptors (Lipinski definition) is 7. The molecule has 1 unspecified atom stereocenters. The van der Waals surface area contributed by atoms with E-state index in [1.165, 1.54) is 12.3 Å². The Bertz CT molecular complexity index is 1260. The van der Waals surface area contributed by atoms with Gasteiger partial charge in [0.15, 0.2) is 5.82 Å². The minimum absolute atomic E-state index is 0.0548. The topological polar surface area (TPSA) is 127 Å². The van der Waals surface area contributed by atoms with Gasteiger partial charge in [0.2, 0.25) is 11.7 Å². The van der Waals surface area contributed by atoms with Crippen molar-refractivity contribution in [3.8, 4) is 11.5 Å². The van der Waals surface area contributed by atoms with Crippen LogP contribution in [0.4, 0.5) is 5.69 Å². The van der Waals surface area contributed by atoms with E-state index < -0.39 is 23.4 Å². The lowest BCUT2D eigenvalue weighted by molar-refractivity contribution is -0.116. The number of aromatic nitrogens is 3. The van der Waals surface area contributed by atoms with Crippen molar-refractivity contribution in [2.45, 2.75) is 12.8 Å². The highest BCUT2D eigenvalue weighted by molar-refractivity contribution is 5.98. The van der Waals surface area contributed by atoms with Crippen LogP contribution in [-0.2, 0) is 9.53 Å². The van der Waals surface area contributed by atoms with Gasteiger partial charge < -0.3 is 19.6 Å². The molecule has 1 atom stereocenters. The summed E-state index contributed by atoms with van der Waals surface area (Å²) < 4.78 is 9.77. The summed E-state index contributed by atoms with van der Waals surface area (Å²) in [7, 11) is 0.